The zero-order chi connectivity index (χ0) is 22.6. The van der Waals surface area contributed by atoms with Crippen molar-refractivity contribution in [2.45, 2.75) is 19.3 Å². The van der Waals surface area contributed by atoms with Crippen molar-refractivity contribution in [3.63, 3.8) is 0 Å². The van der Waals surface area contributed by atoms with E-state index < -0.39 is 5.41 Å². The van der Waals surface area contributed by atoms with Crippen molar-refractivity contribution in [1.29, 1.82) is 0 Å². The van der Waals surface area contributed by atoms with Crippen LogP contribution in [0.3, 0.4) is 0 Å². The van der Waals surface area contributed by atoms with Crippen molar-refractivity contribution in [1.82, 2.24) is 0 Å². The lowest BCUT2D eigenvalue weighted by Crippen LogP contribution is -2.25. The van der Waals surface area contributed by atoms with Crippen molar-refractivity contribution in [3.05, 3.63) is 120 Å². The molecule has 0 saturated carbocycles. The summed E-state index contributed by atoms with van der Waals surface area (Å²) in [6, 6.07) is 35.0. The standard InChI is InChI=1S/C29H26O3/c1-21(30)32-28-19-15-26(16-20-28)29(2,25-13-17-27(31-3)18-14-25)24-11-9-23(10-12-24)22-7-5-4-6-8-22/h4-20H,1-3H3. The topological polar surface area (TPSA) is 35.5 Å². The van der Waals surface area contributed by atoms with Crippen LogP contribution < -0.4 is 9.47 Å². The molecule has 0 aliphatic heterocycles. The third-order valence-corrected chi connectivity index (χ3v) is 5.93. The highest BCUT2D eigenvalue weighted by molar-refractivity contribution is 5.69. The first-order chi connectivity index (χ1) is 15.5. The van der Waals surface area contributed by atoms with Crippen LogP contribution in [0, 0.1) is 0 Å². The number of carbonyl (C=O) groups excluding carboxylic acids is 1. The number of esters is 1. The molecule has 4 aromatic carbocycles. The van der Waals surface area contributed by atoms with E-state index in [1.807, 2.05) is 42.5 Å². The third-order valence-electron chi connectivity index (χ3n) is 5.93. The summed E-state index contributed by atoms with van der Waals surface area (Å²) in [4.78, 5) is 11.3. The summed E-state index contributed by atoms with van der Waals surface area (Å²) in [5.74, 6) is 1.03. The summed E-state index contributed by atoms with van der Waals surface area (Å²) in [7, 11) is 1.67. The van der Waals surface area contributed by atoms with Gasteiger partial charge in [0, 0.05) is 12.3 Å². The van der Waals surface area contributed by atoms with Gasteiger partial charge < -0.3 is 9.47 Å². The molecule has 4 aromatic rings. The van der Waals surface area contributed by atoms with Crippen LogP contribution in [0.1, 0.15) is 30.5 Å². The summed E-state index contributed by atoms with van der Waals surface area (Å²) < 4.78 is 10.6. The molecular weight excluding hydrogens is 396 g/mol. The second kappa shape index (κ2) is 9.11. The Hall–Kier alpha value is -3.85. The highest BCUT2D eigenvalue weighted by Crippen LogP contribution is 2.40. The summed E-state index contributed by atoms with van der Waals surface area (Å²) in [5.41, 5.74) is 5.38. The highest BCUT2D eigenvalue weighted by atomic mass is 16.5. The molecule has 3 heteroatoms. The smallest absolute Gasteiger partial charge is 0.308 e. The molecule has 0 spiro atoms. The van der Waals surface area contributed by atoms with Crippen molar-refractivity contribution in [2.24, 2.45) is 0 Å². The number of methoxy groups -OCH3 is 1. The van der Waals surface area contributed by atoms with Crippen LogP contribution in [0.5, 0.6) is 11.5 Å². The quantitative estimate of drug-likeness (QED) is 0.198. The largest absolute Gasteiger partial charge is 0.497 e. The van der Waals surface area contributed by atoms with Crippen molar-refractivity contribution in [3.8, 4) is 22.6 Å². The van der Waals surface area contributed by atoms with Gasteiger partial charge in [-0.2, -0.15) is 0 Å². The molecule has 1 atom stereocenters. The molecule has 160 valence electrons. The Morgan fingerprint density at radius 3 is 1.53 bits per heavy atom. The molecule has 0 heterocycles. The lowest BCUT2D eigenvalue weighted by atomic mass is 9.71. The number of hydrogen-bond donors (Lipinski definition) is 0. The van der Waals surface area contributed by atoms with Gasteiger partial charge in [0.15, 0.2) is 0 Å². The fourth-order valence-corrected chi connectivity index (χ4v) is 4.07. The normalized spacial score (nSPS) is 12.6. The van der Waals surface area contributed by atoms with Gasteiger partial charge in [0.25, 0.3) is 0 Å². The molecule has 0 aliphatic carbocycles. The van der Waals surface area contributed by atoms with E-state index in [4.69, 9.17) is 9.47 Å². The van der Waals surface area contributed by atoms with E-state index in [1.54, 1.807) is 7.11 Å². The second-order valence-corrected chi connectivity index (χ2v) is 7.91. The van der Waals surface area contributed by atoms with Crippen molar-refractivity contribution < 1.29 is 14.3 Å². The van der Waals surface area contributed by atoms with Gasteiger partial charge in [-0.15, -0.1) is 0 Å². The average Bonchev–Trinajstić information content (AvgIpc) is 2.84. The predicted molar refractivity (Wildman–Crippen MR) is 128 cm³/mol. The summed E-state index contributed by atoms with van der Waals surface area (Å²) in [5, 5.41) is 0. The van der Waals surface area contributed by atoms with Gasteiger partial charge in [0.2, 0.25) is 0 Å². The van der Waals surface area contributed by atoms with E-state index in [0.29, 0.717) is 5.75 Å². The minimum Gasteiger partial charge on any atom is -0.497 e. The van der Waals surface area contributed by atoms with Gasteiger partial charge in [-0.3, -0.25) is 4.79 Å². The van der Waals surface area contributed by atoms with E-state index in [-0.39, 0.29) is 5.97 Å². The maximum atomic E-state index is 11.3. The molecule has 3 nitrogen and oxygen atoms in total. The molecule has 0 fully saturated rings. The molecule has 4 rings (SSSR count). The summed E-state index contributed by atoms with van der Waals surface area (Å²) in [6.45, 7) is 3.62. The van der Waals surface area contributed by atoms with Crippen LogP contribution in [0.4, 0.5) is 0 Å². The molecule has 0 N–H and O–H groups in total. The number of benzene rings is 4. The first kappa shape index (κ1) is 21.4. The van der Waals surface area contributed by atoms with Crippen LogP contribution in [0.25, 0.3) is 11.1 Å². The Kier molecular flexibility index (Phi) is 6.09. The molecule has 0 bridgehead atoms. The molecule has 0 radical (unpaired) electrons. The Balaban J connectivity index is 1.79. The van der Waals surface area contributed by atoms with Crippen LogP contribution in [0.15, 0.2) is 103 Å². The van der Waals surface area contributed by atoms with Crippen LogP contribution >= 0.6 is 0 Å². The predicted octanol–water partition coefficient (Wildman–Crippen LogP) is 6.64. The zero-order valence-corrected chi connectivity index (χ0v) is 18.5. The Labute approximate surface area is 189 Å². The van der Waals surface area contributed by atoms with Crippen LogP contribution in [0.2, 0.25) is 0 Å². The van der Waals surface area contributed by atoms with Gasteiger partial charge in [0.05, 0.1) is 7.11 Å². The summed E-state index contributed by atoms with van der Waals surface area (Å²) >= 11 is 0. The molecule has 0 amide bonds. The molecule has 0 aromatic heterocycles. The van der Waals surface area contributed by atoms with Crippen LogP contribution in [-0.4, -0.2) is 13.1 Å². The molecular formula is C29H26O3. The fourth-order valence-electron chi connectivity index (χ4n) is 4.07. The van der Waals surface area contributed by atoms with Gasteiger partial charge in [0.1, 0.15) is 11.5 Å². The average molecular weight is 423 g/mol. The Morgan fingerprint density at radius 1 is 0.625 bits per heavy atom. The van der Waals surface area contributed by atoms with Crippen LogP contribution in [-0.2, 0) is 10.2 Å². The lowest BCUT2D eigenvalue weighted by Gasteiger charge is -2.32. The monoisotopic (exact) mass is 422 g/mol. The Morgan fingerprint density at radius 2 is 1.06 bits per heavy atom. The van der Waals surface area contributed by atoms with E-state index in [2.05, 4.69) is 67.6 Å². The second-order valence-electron chi connectivity index (χ2n) is 7.91. The zero-order valence-electron chi connectivity index (χ0n) is 18.5. The molecule has 32 heavy (non-hydrogen) atoms. The van der Waals surface area contributed by atoms with Gasteiger partial charge in [-0.05, 0) is 59.0 Å². The number of hydrogen-bond acceptors (Lipinski definition) is 3. The molecule has 0 aliphatic rings. The maximum absolute atomic E-state index is 11.3. The maximum Gasteiger partial charge on any atom is 0.308 e. The first-order valence-corrected chi connectivity index (χ1v) is 10.6. The van der Waals surface area contributed by atoms with E-state index in [0.717, 1.165) is 16.9 Å². The SMILES string of the molecule is COc1ccc(C(C)(c2ccc(OC(C)=O)cc2)c2ccc(-c3ccccc3)cc2)cc1. The third kappa shape index (κ3) is 4.28. The number of ether oxygens (including phenoxy) is 2. The van der Waals surface area contributed by atoms with Gasteiger partial charge >= 0.3 is 5.97 Å². The Bertz CT molecular complexity index is 1180. The first-order valence-electron chi connectivity index (χ1n) is 10.6. The summed E-state index contributed by atoms with van der Waals surface area (Å²) in [6.07, 6.45) is 0. The molecule has 1 unspecified atom stereocenters. The fraction of sp³-hybridized carbons (Fsp3) is 0.138. The lowest BCUT2D eigenvalue weighted by molar-refractivity contribution is -0.131. The minimum atomic E-state index is -0.407. The van der Waals surface area contributed by atoms with Crippen molar-refractivity contribution in [2.75, 3.05) is 7.11 Å². The van der Waals surface area contributed by atoms with Crippen molar-refractivity contribution >= 4 is 5.97 Å². The van der Waals surface area contributed by atoms with E-state index >= 15 is 0 Å². The van der Waals surface area contributed by atoms with Gasteiger partial charge in [-0.1, -0.05) is 78.9 Å². The molecule has 0 saturated heterocycles. The highest BCUT2D eigenvalue weighted by Gasteiger charge is 2.31. The van der Waals surface area contributed by atoms with Gasteiger partial charge in [-0.25, -0.2) is 0 Å². The van der Waals surface area contributed by atoms with E-state index in [1.165, 1.54) is 23.6 Å². The number of rotatable bonds is 6. The van der Waals surface area contributed by atoms with E-state index in [9.17, 15) is 4.79 Å². The number of carbonyl (C=O) groups is 1. The minimum absolute atomic E-state index is 0.327.